The lowest BCUT2D eigenvalue weighted by Crippen LogP contribution is -2.13. The summed E-state index contributed by atoms with van der Waals surface area (Å²) < 4.78 is 12.7. The number of ether oxygens (including phenoxy) is 2. The number of benzene rings is 4. The van der Waals surface area contributed by atoms with Gasteiger partial charge in [0.05, 0.1) is 10.2 Å². The van der Waals surface area contributed by atoms with E-state index in [0.717, 1.165) is 25.6 Å². The predicted octanol–water partition coefficient (Wildman–Crippen LogP) is 6.67. The normalized spacial score (nSPS) is 10.6. The van der Waals surface area contributed by atoms with E-state index in [-0.39, 0.29) is 5.91 Å². The second-order valence-corrected chi connectivity index (χ2v) is 8.17. The molecule has 0 aliphatic rings. The Morgan fingerprint density at radius 1 is 0.871 bits per heavy atom. The first-order valence-corrected chi connectivity index (χ1v) is 11.1. The lowest BCUT2D eigenvalue weighted by atomic mass is 10.1. The third-order valence-corrected chi connectivity index (χ3v) is 5.61. The number of fused-ring (bicyclic) bond motifs is 1. The third kappa shape index (κ3) is 5.17. The maximum Gasteiger partial charge on any atom is 0.255 e. The van der Waals surface area contributed by atoms with Crippen LogP contribution in [-0.2, 0) is 6.61 Å². The number of carbonyl (C=O) groups is 1. The highest BCUT2D eigenvalue weighted by Crippen LogP contribution is 2.35. The molecule has 4 aromatic carbocycles. The molecule has 0 radical (unpaired) electrons. The van der Waals surface area contributed by atoms with Crippen molar-refractivity contribution in [2.24, 2.45) is 0 Å². The van der Waals surface area contributed by atoms with Crippen LogP contribution < -0.4 is 14.8 Å². The number of halogens is 1. The summed E-state index contributed by atoms with van der Waals surface area (Å²) in [6, 6.07) is 27.4. The highest BCUT2D eigenvalue weighted by atomic mass is 127. The Labute approximate surface area is 195 Å². The standard InChI is InChI=1S/C26H22INO3/c1-2-30-25-23(27)15-21(16-24(25)31-17-18-8-4-3-5-9-18)26(29)28-22-13-12-19-10-6-7-11-20(19)14-22/h3-16H,2,17H2,1H3,(H,28,29). The predicted molar refractivity (Wildman–Crippen MR) is 133 cm³/mol. The second kappa shape index (κ2) is 9.83. The van der Waals surface area contributed by atoms with Crippen LogP contribution in [0.5, 0.6) is 11.5 Å². The molecule has 0 saturated carbocycles. The van der Waals surface area contributed by atoms with Crippen LogP contribution in [0.1, 0.15) is 22.8 Å². The molecule has 0 atom stereocenters. The fraction of sp³-hybridized carbons (Fsp3) is 0.115. The fourth-order valence-corrected chi connectivity index (χ4v) is 4.05. The van der Waals surface area contributed by atoms with E-state index in [4.69, 9.17) is 9.47 Å². The Morgan fingerprint density at radius 2 is 1.61 bits per heavy atom. The SMILES string of the molecule is CCOc1c(I)cc(C(=O)Nc2ccc3ccccc3c2)cc1OCc1ccccc1. The first kappa shape index (κ1) is 21.2. The Balaban J connectivity index is 1.58. The highest BCUT2D eigenvalue weighted by molar-refractivity contribution is 14.1. The Morgan fingerprint density at radius 3 is 2.39 bits per heavy atom. The topological polar surface area (TPSA) is 47.6 Å². The van der Waals surface area contributed by atoms with E-state index in [0.29, 0.717) is 30.3 Å². The molecule has 5 heteroatoms. The molecule has 1 amide bonds. The first-order valence-electron chi connectivity index (χ1n) is 10.1. The summed E-state index contributed by atoms with van der Waals surface area (Å²) in [7, 11) is 0. The lowest BCUT2D eigenvalue weighted by Gasteiger charge is -2.15. The van der Waals surface area contributed by atoms with Crippen molar-refractivity contribution in [2.75, 3.05) is 11.9 Å². The van der Waals surface area contributed by atoms with Crippen LogP contribution in [0, 0.1) is 3.57 Å². The molecule has 4 aromatic rings. The van der Waals surface area contributed by atoms with Gasteiger partial charge in [0.25, 0.3) is 5.91 Å². The highest BCUT2D eigenvalue weighted by Gasteiger charge is 2.16. The molecule has 0 fully saturated rings. The molecule has 156 valence electrons. The van der Waals surface area contributed by atoms with Crippen molar-refractivity contribution in [3.8, 4) is 11.5 Å². The third-order valence-electron chi connectivity index (χ3n) is 4.80. The van der Waals surface area contributed by atoms with Crippen LogP contribution in [-0.4, -0.2) is 12.5 Å². The Bertz CT molecular complexity index is 1210. The van der Waals surface area contributed by atoms with Gasteiger partial charge in [-0.1, -0.05) is 60.7 Å². The zero-order valence-corrected chi connectivity index (χ0v) is 19.3. The van der Waals surface area contributed by atoms with Gasteiger partial charge in [-0.25, -0.2) is 0 Å². The van der Waals surface area contributed by atoms with Gasteiger partial charge in [-0.05, 0) is 70.1 Å². The summed E-state index contributed by atoms with van der Waals surface area (Å²) >= 11 is 2.18. The van der Waals surface area contributed by atoms with Crippen molar-refractivity contribution in [3.05, 3.63) is 99.6 Å². The van der Waals surface area contributed by atoms with E-state index in [1.165, 1.54) is 0 Å². The van der Waals surface area contributed by atoms with Gasteiger partial charge in [-0.15, -0.1) is 0 Å². The Kier molecular flexibility index (Phi) is 6.72. The molecule has 0 unspecified atom stereocenters. The van der Waals surface area contributed by atoms with Gasteiger partial charge in [-0.3, -0.25) is 4.79 Å². The smallest absolute Gasteiger partial charge is 0.255 e. The molecule has 0 bridgehead atoms. The second-order valence-electron chi connectivity index (χ2n) is 7.01. The summed E-state index contributed by atoms with van der Waals surface area (Å²) in [5.74, 6) is 1.02. The summed E-state index contributed by atoms with van der Waals surface area (Å²) in [6.07, 6.45) is 0. The van der Waals surface area contributed by atoms with Crippen LogP contribution >= 0.6 is 22.6 Å². The van der Waals surface area contributed by atoms with E-state index in [1.54, 1.807) is 6.07 Å². The zero-order valence-electron chi connectivity index (χ0n) is 17.1. The maximum atomic E-state index is 13.0. The zero-order chi connectivity index (χ0) is 21.6. The summed E-state index contributed by atoms with van der Waals surface area (Å²) in [6.45, 7) is 2.84. The molecule has 0 saturated heterocycles. The average Bonchev–Trinajstić information content (AvgIpc) is 2.80. The minimum absolute atomic E-state index is 0.194. The molecule has 0 aliphatic heterocycles. The number of rotatable bonds is 7. The summed E-state index contributed by atoms with van der Waals surface area (Å²) in [5.41, 5.74) is 2.31. The van der Waals surface area contributed by atoms with Gasteiger partial charge in [0.2, 0.25) is 0 Å². The minimum atomic E-state index is -0.194. The maximum absolute atomic E-state index is 13.0. The van der Waals surface area contributed by atoms with Crippen molar-refractivity contribution in [2.45, 2.75) is 13.5 Å². The van der Waals surface area contributed by atoms with E-state index < -0.39 is 0 Å². The van der Waals surface area contributed by atoms with E-state index in [2.05, 4.69) is 27.9 Å². The summed E-state index contributed by atoms with van der Waals surface area (Å²) in [4.78, 5) is 13.0. The number of hydrogen-bond acceptors (Lipinski definition) is 3. The Hall–Kier alpha value is -3.06. The van der Waals surface area contributed by atoms with E-state index in [1.807, 2.05) is 85.8 Å². The van der Waals surface area contributed by atoms with Gasteiger partial charge in [0, 0.05) is 11.3 Å². The quantitative estimate of drug-likeness (QED) is 0.275. The number of hydrogen-bond donors (Lipinski definition) is 1. The van der Waals surface area contributed by atoms with Crippen molar-refractivity contribution in [1.29, 1.82) is 0 Å². The molecular weight excluding hydrogens is 501 g/mol. The van der Waals surface area contributed by atoms with Crippen molar-refractivity contribution in [1.82, 2.24) is 0 Å². The number of nitrogens with one attached hydrogen (secondary N) is 1. The van der Waals surface area contributed by atoms with Crippen LogP contribution in [0.4, 0.5) is 5.69 Å². The molecule has 0 aliphatic carbocycles. The van der Waals surface area contributed by atoms with Crippen molar-refractivity contribution < 1.29 is 14.3 Å². The van der Waals surface area contributed by atoms with Crippen molar-refractivity contribution in [3.63, 3.8) is 0 Å². The average molecular weight is 523 g/mol. The fourth-order valence-electron chi connectivity index (χ4n) is 3.30. The number of carbonyl (C=O) groups excluding carboxylic acids is 1. The summed E-state index contributed by atoms with van der Waals surface area (Å²) in [5, 5.41) is 5.20. The van der Waals surface area contributed by atoms with Gasteiger partial charge in [-0.2, -0.15) is 0 Å². The minimum Gasteiger partial charge on any atom is -0.489 e. The largest absolute Gasteiger partial charge is 0.489 e. The molecule has 1 N–H and O–H groups in total. The van der Waals surface area contributed by atoms with E-state index >= 15 is 0 Å². The molecular formula is C26H22INO3. The van der Waals surface area contributed by atoms with Gasteiger partial charge in [0.1, 0.15) is 6.61 Å². The van der Waals surface area contributed by atoms with E-state index in [9.17, 15) is 4.79 Å². The van der Waals surface area contributed by atoms with Gasteiger partial charge < -0.3 is 14.8 Å². The van der Waals surface area contributed by atoms with Crippen molar-refractivity contribution >= 4 is 45.0 Å². The van der Waals surface area contributed by atoms with Gasteiger partial charge in [0.15, 0.2) is 11.5 Å². The first-order chi connectivity index (χ1) is 15.1. The molecule has 4 rings (SSSR count). The molecule has 0 spiro atoms. The number of amides is 1. The van der Waals surface area contributed by atoms with Crippen LogP contribution in [0.3, 0.4) is 0 Å². The van der Waals surface area contributed by atoms with Crippen LogP contribution in [0.15, 0.2) is 84.9 Å². The molecule has 0 heterocycles. The molecule has 31 heavy (non-hydrogen) atoms. The van der Waals surface area contributed by atoms with Crippen LogP contribution in [0.2, 0.25) is 0 Å². The molecule has 4 nitrogen and oxygen atoms in total. The van der Waals surface area contributed by atoms with Gasteiger partial charge >= 0.3 is 0 Å². The lowest BCUT2D eigenvalue weighted by molar-refractivity contribution is 0.102. The molecule has 0 aromatic heterocycles. The van der Waals surface area contributed by atoms with Crippen LogP contribution in [0.25, 0.3) is 10.8 Å². The number of anilines is 1. The monoisotopic (exact) mass is 523 g/mol.